The van der Waals surface area contributed by atoms with Crippen LogP contribution >= 0.6 is 34.7 Å². The lowest BCUT2D eigenvalue weighted by atomic mass is 10.0. The Balaban J connectivity index is 1.46. The Morgan fingerprint density at radius 3 is 3.10 bits per heavy atom. The van der Waals surface area contributed by atoms with E-state index in [1.54, 1.807) is 36.6 Å². The summed E-state index contributed by atoms with van der Waals surface area (Å²) >= 11 is 9.00. The van der Waals surface area contributed by atoms with Gasteiger partial charge in [-0.3, -0.25) is 4.79 Å². The number of amides is 1. The highest BCUT2D eigenvalue weighted by Gasteiger charge is 2.21. The molecule has 158 valence electrons. The number of halogens is 1. The molecule has 0 bridgehead atoms. The number of thiazole rings is 1. The SMILES string of the molecule is COc1ccc(Cl)cc1NC(=O)CSc1ncnc2nc(N3CCC[C@@H](C)C3)sc12. The normalized spacial score (nSPS) is 16.6. The molecular formula is C20H22ClN5O2S2. The number of piperidine rings is 1. The Kier molecular flexibility index (Phi) is 6.60. The molecule has 1 fully saturated rings. The highest BCUT2D eigenvalue weighted by molar-refractivity contribution is 8.00. The Bertz CT molecular complexity index is 1060. The molecule has 0 aliphatic carbocycles. The molecule has 1 amide bonds. The average molecular weight is 464 g/mol. The van der Waals surface area contributed by atoms with Crippen LogP contribution in [-0.2, 0) is 4.79 Å². The van der Waals surface area contributed by atoms with Crippen LogP contribution in [0.4, 0.5) is 10.8 Å². The van der Waals surface area contributed by atoms with E-state index in [0.29, 0.717) is 28.0 Å². The van der Waals surface area contributed by atoms with Gasteiger partial charge in [-0.1, -0.05) is 41.6 Å². The maximum Gasteiger partial charge on any atom is 0.234 e. The highest BCUT2D eigenvalue weighted by atomic mass is 35.5. The maximum absolute atomic E-state index is 12.5. The molecular weight excluding hydrogens is 442 g/mol. The minimum Gasteiger partial charge on any atom is -0.495 e. The summed E-state index contributed by atoms with van der Waals surface area (Å²) in [5.41, 5.74) is 1.23. The molecule has 30 heavy (non-hydrogen) atoms. The zero-order valence-electron chi connectivity index (χ0n) is 16.7. The number of nitrogens with one attached hydrogen (secondary N) is 1. The summed E-state index contributed by atoms with van der Waals surface area (Å²) in [6.07, 6.45) is 3.94. The topological polar surface area (TPSA) is 80.2 Å². The summed E-state index contributed by atoms with van der Waals surface area (Å²) in [5.74, 6) is 1.26. The van der Waals surface area contributed by atoms with Gasteiger partial charge in [0, 0.05) is 18.1 Å². The van der Waals surface area contributed by atoms with Crippen LogP contribution in [0.1, 0.15) is 19.8 Å². The molecule has 1 N–H and O–H groups in total. The van der Waals surface area contributed by atoms with E-state index in [1.807, 2.05) is 0 Å². The molecule has 7 nitrogen and oxygen atoms in total. The minimum absolute atomic E-state index is 0.165. The van der Waals surface area contributed by atoms with Crippen LogP contribution in [0.2, 0.25) is 5.02 Å². The number of anilines is 2. The number of methoxy groups -OCH3 is 1. The molecule has 4 rings (SSSR count). The van der Waals surface area contributed by atoms with E-state index in [0.717, 1.165) is 27.9 Å². The molecule has 3 heterocycles. The fourth-order valence-electron chi connectivity index (χ4n) is 3.42. The summed E-state index contributed by atoms with van der Waals surface area (Å²) in [6, 6.07) is 5.10. The van der Waals surface area contributed by atoms with Gasteiger partial charge in [-0.25, -0.2) is 9.97 Å². The van der Waals surface area contributed by atoms with Gasteiger partial charge in [0.1, 0.15) is 21.8 Å². The van der Waals surface area contributed by atoms with Crippen LogP contribution in [0.5, 0.6) is 5.75 Å². The number of benzene rings is 1. The number of nitrogens with zero attached hydrogens (tertiary/aromatic N) is 4. The lowest BCUT2D eigenvalue weighted by Gasteiger charge is -2.30. The summed E-state index contributed by atoms with van der Waals surface area (Å²) in [7, 11) is 1.55. The van der Waals surface area contributed by atoms with Crippen molar-refractivity contribution in [2.75, 3.05) is 36.2 Å². The van der Waals surface area contributed by atoms with Crippen molar-refractivity contribution in [3.05, 3.63) is 29.5 Å². The summed E-state index contributed by atoms with van der Waals surface area (Å²) in [5, 5.41) is 5.12. The smallest absolute Gasteiger partial charge is 0.234 e. The molecule has 2 aromatic heterocycles. The second-order valence-corrected chi connectivity index (χ2v) is 9.58. The van der Waals surface area contributed by atoms with Gasteiger partial charge in [-0.2, -0.15) is 4.98 Å². The van der Waals surface area contributed by atoms with Crippen molar-refractivity contribution < 1.29 is 9.53 Å². The van der Waals surface area contributed by atoms with Gasteiger partial charge in [-0.05, 0) is 37.0 Å². The standard InChI is InChI=1S/C20H22ClN5O2S2/c1-12-4-3-7-26(9-12)20-25-18-17(30-20)19(23-11-22-18)29-10-16(27)24-14-8-13(21)5-6-15(14)28-2/h5-6,8,11-12H,3-4,7,9-10H2,1-2H3,(H,24,27)/t12-/m1/s1. The molecule has 1 aliphatic heterocycles. The number of thioether (sulfide) groups is 1. The van der Waals surface area contributed by atoms with E-state index in [9.17, 15) is 4.79 Å². The molecule has 0 saturated carbocycles. The van der Waals surface area contributed by atoms with E-state index < -0.39 is 0 Å². The van der Waals surface area contributed by atoms with E-state index in [2.05, 4.69) is 27.1 Å². The number of carbonyl (C=O) groups excluding carboxylic acids is 1. The van der Waals surface area contributed by atoms with E-state index in [4.69, 9.17) is 21.3 Å². The van der Waals surface area contributed by atoms with Crippen molar-refractivity contribution in [2.24, 2.45) is 5.92 Å². The van der Waals surface area contributed by atoms with Gasteiger partial charge >= 0.3 is 0 Å². The summed E-state index contributed by atoms with van der Waals surface area (Å²) < 4.78 is 6.20. The third-order valence-corrected chi connectivity index (χ3v) is 7.32. The van der Waals surface area contributed by atoms with Crippen LogP contribution in [-0.4, -0.2) is 46.8 Å². The lowest BCUT2D eigenvalue weighted by molar-refractivity contribution is -0.113. The van der Waals surface area contributed by atoms with Gasteiger partial charge in [0.25, 0.3) is 0 Å². The number of hydrogen-bond acceptors (Lipinski definition) is 8. The zero-order valence-corrected chi connectivity index (χ0v) is 19.1. The molecule has 3 aromatic rings. The molecule has 0 unspecified atom stereocenters. The average Bonchev–Trinajstić information content (AvgIpc) is 3.17. The molecule has 1 aliphatic rings. The van der Waals surface area contributed by atoms with Gasteiger partial charge in [0.15, 0.2) is 10.8 Å². The monoisotopic (exact) mass is 463 g/mol. The van der Waals surface area contributed by atoms with Crippen molar-refractivity contribution in [2.45, 2.75) is 24.8 Å². The van der Waals surface area contributed by atoms with Crippen LogP contribution in [0.3, 0.4) is 0 Å². The first-order chi connectivity index (χ1) is 14.5. The Morgan fingerprint density at radius 2 is 2.30 bits per heavy atom. The number of rotatable bonds is 6. The molecule has 10 heteroatoms. The van der Waals surface area contributed by atoms with Gasteiger partial charge in [-0.15, -0.1) is 0 Å². The first-order valence-electron chi connectivity index (χ1n) is 9.66. The number of aromatic nitrogens is 3. The van der Waals surface area contributed by atoms with E-state index >= 15 is 0 Å². The fraction of sp³-hybridized carbons (Fsp3) is 0.400. The molecule has 1 saturated heterocycles. The van der Waals surface area contributed by atoms with Gasteiger partial charge in [0.2, 0.25) is 5.91 Å². The van der Waals surface area contributed by atoms with Crippen LogP contribution in [0.25, 0.3) is 10.3 Å². The minimum atomic E-state index is -0.165. The molecule has 0 radical (unpaired) electrons. The third-order valence-electron chi connectivity index (χ3n) is 4.85. The number of fused-ring (bicyclic) bond motifs is 1. The maximum atomic E-state index is 12.5. The van der Waals surface area contributed by atoms with Crippen LogP contribution in [0, 0.1) is 5.92 Å². The van der Waals surface area contributed by atoms with Crippen molar-refractivity contribution in [1.29, 1.82) is 0 Å². The summed E-state index contributed by atoms with van der Waals surface area (Å²) in [4.78, 5) is 28.2. The first kappa shape index (κ1) is 21.1. The number of carbonyl (C=O) groups is 1. The number of hydrogen-bond donors (Lipinski definition) is 1. The first-order valence-corrected chi connectivity index (χ1v) is 11.8. The van der Waals surface area contributed by atoms with Crippen molar-refractivity contribution in [3.63, 3.8) is 0 Å². The van der Waals surface area contributed by atoms with E-state index in [1.165, 1.54) is 30.9 Å². The quantitative estimate of drug-likeness (QED) is 0.418. The largest absolute Gasteiger partial charge is 0.495 e. The van der Waals surface area contributed by atoms with Crippen molar-refractivity contribution >= 4 is 61.8 Å². The second kappa shape index (κ2) is 9.36. The third kappa shape index (κ3) is 4.79. The van der Waals surface area contributed by atoms with Crippen LogP contribution in [0.15, 0.2) is 29.6 Å². The van der Waals surface area contributed by atoms with Crippen molar-refractivity contribution in [1.82, 2.24) is 15.0 Å². The second-order valence-electron chi connectivity index (χ2n) is 7.20. The Hall–Kier alpha value is -2.10. The van der Waals surface area contributed by atoms with Gasteiger partial charge in [0.05, 0.1) is 18.6 Å². The highest BCUT2D eigenvalue weighted by Crippen LogP contribution is 2.35. The Morgan fingerprint density at radius 1 is 1.43 bits per heavy atom. The lowest BCUT2D eigenvalue weighted by Crippen LogP contribution is -2.34. The van der Waals surface area contributed by atoms with Gasteiger partial charge < -0.3 is 15.0 Å². The molecule has 1 aromatic carbocycles. The Labute approximate surface area is 188 Å². The predicted octanol–water partition coefficient (Wildman–Crippen LogP) is 4.72. The van der Waals surface area contributed by atoms with E-state index in [-0.39, 0.29) is 11.7 Å². The fourth-order valence-corrected chi connectivity index (χ4v) is 5.52. The molecule has 1 atom stereocenters. The number of ether oxygens (including phenoxy) is 1. The summed E-state index contributed by atoms with van der Waals surface area (Å²) in [6.45, 7) is 4.30. The zero-order chi connectivity index (χ0) is 21.1. The predicted molar refractivity (Wildman–Crippen MR) is 123 cm³/mol. The van der Waals surface area contributed by atoms with Crippen molar-refractivity contribution in [3.8, 4) is 5.75 Å². The van der Waals surface area contributed by atoms with Crippen LogP contribution < -0.4 is 15.0 Å². The molecule has 0 spiro atoms.